The van der Waals surface area contributed by atoms with Crippen molar-refractivity contribution >= 4 is 6.29 Å². The summed E-state index contributed by atoms with van der Waals surface area (Å²) in [4.78, 5) is 10.8. The molecule has 1 aromatic carbocycles. The maximum atomic E-state index is 10.8. The summed E-state index contributed by atoms with van der Waals surface area (Å²) in [6.07, 6.45) is 2.89. The third-order valence-electron chi connectivity index (χ3n) is 2.74. The van der Waals surface area contributed by atoms with Crippen LogP contribution in [-0.4, -0.2) is 40.3 Å². The Labute approximate surface area is 119 Å². The number of methoxy groups -OCH3 is 2. The summed E-state index contributed by atoms with van der Waals surface area (Å²) in [6.45, 7) is 3.75. The van der Waals surface area contributed by atoms with Gasteiger partial charge in [0.15, 0.2) is 11.5 Å². The minimum absolute atomic E-state index is 0.400. The van der Waals surface area contributed by atoms with E-state index in [1.165, 1.54) is 14.2 Å². The topological polar surface area (TPSA) is 54.0 Å². The lowest BCUT2D eigenvalue weighted by Crippen LogP contribution is -2.09. The van der Waals surface area contributed by atoms with E-state index < -0.39 is 0 Å². The van der Waals surface area contributed by atoms with Crippen molar-refractivity contribution in [2.45, 2.75) is 19.8 Å². The standard InChI is InChI=1S/C15H22O5/c1-4-5-6-19-7-8-20-15-13(17-2)9-12(11-16)10-14(15)18-3/h9-11H,4-8H2,1-3H3. The summed E-state index contributed by atoms with van der Waals surface area (Å²) < 4.78 is 21.5. The first-order chi connectivity index (χ1) is 9.76. The number of rotatable bonds is 10. The molecule has 0 unspecified atom stereocenters. The van der Waals surface area contributed by atoms with E-state index in [1.807, 2.05) is 0 Å². The molecule has 5 heteroatoms. The lowest BCUT2D eigenvalue weighted by Gasteiger charge is -2.15. The van der Waals surface area contributed by atoms with Crippen molar-refractivity contribution in [1.29, 1.82) is 0 Å². The number of carbonyl (C=O) groups is 1. The summed E-state index contributed by atoms with van der Waals surface area (Å²) >= 11 is 0. The van der Waals surface area contributed by atoms with Crippen LogP contribution in [0.3, 0.4) is 0 Å². The SMILES string of the molecule is CCCCOCCOc1c(OC)cc(C=O)cc1OC. The van der Waals surface area contributed by atoms with E-state index >= 15 is 0 Å². The van der Waals surface area contributed by atoms with E-state index in [2.05, 4.69) is 6.92 Å². The van der Waals surface area contributed by atoms with Crippen LogP contribution in [0.1, 0.15) is 30.1 Å². The van der Waals surface area contributed by atoms with Crippen molar-refractivity contribution in [2.75, 3.05) is 34.0 Å². The predicted octanol–water partition coefficient (Wildman–Crippen LogP) is 2.71. The zero-order valence-electron chi connectivity index (χ0n) is 12.3. The van der Waals surface area contributed by atoms with Gasteiger partial charge in [0.2, 0.25) is 5.75 Å². The van der Waals surface area contributed by atoms with E-state index in [0.29, 0.717) is 36.0 Å². The average Bonchev–Trinajstić information content (AvgIpc) is 2.50. The first-order valence-corrected chi connectivity index (χ1v) is 6.68. The summed E-state index contributed by atoms with van der Waals surface area (Å²) in [7, 11) is 3.04. The molecule has 0 aliphatic carbocycles. The third-order valence-corrected chi connectivity index (χ3v) is 2.74. The van der Waals surface area contributed by atoms with E-state index in [1.54, 1.807) is 12.1 Å². The fraction of sp³-hybridized carbons (Fsp3) is 0.533. The van der Waals surface area contributed by atoms with Crippen LogP contribution in [0, 0.1) is 0 Å². The molecule has 0 heterocycles. The van der Waals surface area contributed by atoms with Crippen LogP contribution in [0.2, 0.25) is 0 Å². The van der Waals surface area contributed by atoms with Gasteiger partial charge in [0.1, 0.15) is 12.9 Å². The Morgan fingerprint density at radius 2 is 1.70 bits per heavy atom. The molecule has 0 fully saturated rings. The zero-order chi connectivity index (χ0) is 14.8. The Morgan fingerprint density at radius 3 is 2.20 bits per heavy atom. The Morgan fingerprint density at radius 1 is 1.05 bits per heavy atom. The summed E-state index contributed by atoms with van der Waals surface area (Å²) in [5.74, 6) is 1.43. The average molecular weight is 282 g/mol. The molecular formula is C15H22O5. The second-order valence-corrected chi connectivity index (χ2v) is 4.19. The van der Waals surface area contributed by atoms with Gasteiger partial charge in [0.05, 0.1) is 20.8 Å². The van der Waals surface area contributed by atoms with Crippen LogP contribution in [0.15, 0.2) is 12.1 Å². The van der Waals surface area contributed by atoms with E-state index in [0.717, 1.165) is 25.7 Å². The molecule has 0 aromatic heterocycles. The van der Waals surface area contributed by atoms with Crippen LogP contribution >= 0.6 is 0 Å². The number of hydrogen-bond acceptors (Lipinski definition) is 5. The smallest absolute Gasteiger partial charge is 0.203 e. The number of hydrogen-bond donors (Lipinski definition) is 0. The van der Waals surface area contributed by atoms with Gasteiger partial charge in [0.25, 0.3) is 0 Å². The molecule has 1 rings (SSSR count). The Hall–Kier alpha value is -1.75. The van der Waals surface area contributed by atoms with Crippen LogP contribution in [0.25, 0.3) is 0 Å². The number of aldehydes is 1. The lowest BCUT2D eigenvalue weighted by molar-refractivity contribution is 0.0958. The van der Waals surface area contributed by atoms with Gasteiger partial charge in [-0.3, -0.25) is 4.79 Å². The Bertz CT molecular complexity index is 392. The maximum absolute atomic E-state index is 10.8. The van der Waals surface area contributed by atoms with Gasteiger partial charge in [-0.1, -0.05) is 13.3 Å². The molecule has 0 saturated carbocycles. The highest BCUT2D eigenvalue weighted by atomic mass is 16.6. The Kier molecular flexibility index (Phi) is 7.50. The zero-order valence-corrected chi connectivity index (χ0v) is 12.3. The van der Waals surface area contributed by atoms with Crippen LogP contribution in [0.4, 0.5) is 0 Å². The highest BCUT2D eigenvalue weighted by molar-refractivity contribution is 5.78. The normalized spacial score (nSPS) is 10.2. The van der Waals surface area contributed by atoms with Gasteiger partial charge in [-0.15, -0.1) is 0 Å². The molecular weight excluding hydrogens is 260 g/mol. The van der Waals surface area contributed by atoms with Crippen LogP contribution in [0.5, 0.6) is 17.2 Å². The van der Waals surface area contributed by atoms with Crippen molar-refractivity contribution in [1.82, 2.24) is 0 Å². The van der Waals surface area contributed by atoms with Gasteiger partial charge >= 0.3 is 0 Å². The summed E-state index contributed by atoms with van der Waals surface area (Å²) in [6, 6.07) is 3.23. The minimum Gasteiger partial charge on any atom is -0.493 e. The first-order valence-electron chi connectivity index (χ1n) is 6.68. The molecule has 0 aliphatic heterocycles. The number of ether oxygens (including phenoxy) is 4. The molecule has 0 atom stereocenters. The second-order valence-electron chi connectivity index (χ2n) is 4.19. The highest BCUT2D eigenvalue weighted by Gasteiger charge is 2.13. The molecule has 112 valence electrons. The van der Waals surface area contributed by atoms with Crippen LogP contribution in [-0.2, 0) is 4.74 Å². The van der Waals surface area contributed by atoms with Crippen LogP contribution < -0.4 is 14.2 Å². The molecule has 0 N–H and O–H groups in total. The monoisotopic (exact) mass is 282 g/mol. The summed E-state index contributed by atoms with van der Waals surface area (Å²) in [5, 5.41) is 0. The molecule has 0 spiro atoms. The fourth-order valence-corrected chi connectivity index (χ4v) is 1.66. The lowest BCUT2D eigenvalue weighted by atomic mass is 10.2. The molecule has 0 amide bonds. The van der Waals surface area contributed by atoms with Crippen molar-refractivity contribution in [2.24, 2.45) is 0 Å². The van der Waals surface area contributed by atoms with Gasteiger partial charge in [-0.05, 0) is 18.6 Å². The predicted molar refractivity (Wildman–Crippen MR) is 76.2 cm³/mol. The van der Waals surface area contributed by atoms with E-state index in [4.69, 9.17) is 18.9 Å². The maximum Gasteiger partial charge on any atom is 0.203 e. The summed E-state index contributed by atoms with van der Waals surface area (Å²) in [5.41, 5.74) is 0.477. The van der Waals surface area contributed by atoms with E-state index in [9.17, 15) is 4.79 Å². The van der Waals surface area contributed by atoms with Gasteiger partial charge in [0, 0.05) is 12.2 Å². The highest BCUT2D eigenvalue weighted by Crippen LogP contribution is 2.38. The van der Waals surface area contributed by atoms with Gasteiger partial charge < -0.3 is 18.9 Å². The third kappa shape index (κ3) is 4.74. The van der Waals surface area contributed by atoms with Crippen molar-refractivity contribution in [3.05, 3.63) is 17.7 Å². The van der Waals surface area contributed by atoms with Gasteiger partial charge in [-0.2, -0.15) is 0 Å². The minimum atomic E-state index is 0.400. The molecule has 5 nitrogen and oxygen atoms in total. The first kappa shape index (κ1) is 16.3. The second kappa shape index (κ2) is 9.20. The number of carbonyl (C=O) groups excluding carboxylic acids is 1. The van der Waals surface area contributed by atoms with Crippen molar-refractivity contribution in [3.8, 4) is 17.2 Å². The van der Waals surface area contributed by atoms with Gasteiger partial charge in [-0.25, -0.2) is 0 Å². The molecule has 0 bridgehead atoms. The fourth-order valence-electron chi connectivity index (χ4n) is 1.66. The molecule has 0 saturated heterocycles. The molecule has 1 aromatic rings. The quantitative estimate of drug-likeness (QED) is 0.488. The van der Waals surface area contributed by atoms with E-state index in [-0.39, 0.29) is 0 Å². The molecule has 20 heavy (non-hydrogen) atoms. The molecule has 0 aliphatic rings. The van der Waals surface area contributed by atoms with Crippen molar-refractivity contribution < 1.29 is 23.7 Å². The van der Waals surface area contributed by atoms with Crippen molar-refractivity contribution in [3.63, 3.8) is 0 Å². The number of unbranched alkanes of at least 4 members (excludes halogenated alkanes) is 1. The molecule has 0 radical (unpaired) electrons. The number of benzene rings is 1. The Balaban J connectivity index is 2.65. The largest absolute Gasteiger partial charge is 0.493 e.